The predicted octanol–water partition coefficient (Wildman–Crippen LogP) is 5.32. The van der Waals surface area contributed by atoms with E-state index in [9.17, 15) is 8.78 Å². The summed E-state index contributed by atoms with van der Waals surface area (Å²) in [6.07, 6.45) is 0. The number of hydrogen-bond donors (Lipinski definition) is 0. The van der Waals surface area contributed by atoms with Gasteiger partial charge in [0, 0.05) is 11.6 Å². The van der Waals surface area contributed by atoms with Gasteiger partial charge in [-0.1, -0.05) is 24.3 Å². The Morgan fingerprint density at radius 3 is 1.67 bits per heavy atom. The standard InChI is InChI=1S/C20H16F2O2/c1-23-16-7-3-13(4-8-16)18-11-15(21)12-19(22)20(18)14-5-9-17(24-2)10-6-14/h3-12H,1-2H3. The molecule has 0 aliphatic carbocycles. The lowest BCUT2D eigenvalue weighted by Crippen LogP contribution is -1.93. The van der Waals surface area contributed by atoms with Crippen molar-refractivity contribution in [3.8, 4) is 33.8 Å². The SMILES string of the molecule is COc1ccc(-c2cc(F)cc(F)c2-c2ccc(OC)cc2)cc1. The normalized spacial score (nSPS) is 10.5. The van der Waals surface area contributed by atoms with Gasteiger partial charge in [0.15, 0.2) is 0 Å². The highest BCUT2D eigenvalue weighted by molar-refractivity contribution is 5.84. The van der Waals surface area contributed by atoms with E-state index in [1.54, 1.807) is 62.8 Å². The van der Waals surface area contributed by atoms with E-state index in [4.69, 9.17) is 9.47 Å². The number of ether oxygens (including phenoxy) is 2. The molecular weight excluding hydrogens is 310 g/mol. The summed E-state index contributed by atoms with van der Waals surface area (Å²) in [5, 5.41) is 0. The number of methoxy groups -OCH3 is 2. The zero-order chi connectivity index (χ0) is 17.1. The largest absolute Gasteiger partial charge is 0.497 e. The molecule has 0 aliphatic heterocycles. The quantitative estimate of drug-likeness (QED) is 0.646. The molecule has 122 valence electrons. The van der Waals surface area contributed by atoms with Crippen molar-refractivity contribution in [2.75, 3.05) is 14.2 Å². The Balaban J connectivity index is 2.16. The summed E-state index contributed by atoms with van der Waals surface area (Å²) in [5.41, 5.74) is 2.20. The fourth-order valence-electron chi connectivity index (χ4n) is 2.62. The van der Waals surface area contributed by atoms with Crippen LogP contribution in [-0.2, 0) is 0 Å². The van der Waals surface area contributed by atoms with E-state index in [1.165, 1.54) is 6.07 Å². The Morgan fingerprint density at radius 2 is 1.17 bits per heavy atom. The summed E-state index contributed by atoms with van der Waals surface area (Å²) in [6, 6.07) is 16.3. The summed E-state index contributed by atoms with van der Waals surface area (Å²) in [4.78, 5) is 0. The molecule has 0 heterocycles. The highest BCUT2D eigenvalue weighted by Gasteiger charge is 2.15. The maximum Gasteiger partial charge on any atom is 0.134 e. The summed E-state index contributed by atoms with van der Waals surface area (Å²) >= 11 is 0. The highest BCUT2D eigenvalue weighted by atomic mass is 19.1. The van der Waals surface area contributed by atoms with Crippen molar-refractivity contribution in [3.05, 3.63) is 72.3 Å². The Bertz CT molecular complexity index is 841. The Hall–Kier alpha value is -2.88. The maximum atomic E-state index is 14.5. The third-order valence-electron chi connectivity index (χ3n) is 3.83. The molecule has 0 fully saturated rings. The summed E-state index contributed by atoms with van der Waals surface area (Å²) in [6.45, 7) is 0. The van der Waals surface area contributed by atoms with Crippen LogP contribution in [0.4, 0.5) is 8.78 Å². The van der Waals surface area contributed by atoms with Gasteiger partial charge in [-0.15, -0.1) is 0 Å². The molecule has 3 aromatic carbocycles. The lowest BCUT2D eigenvalue weighted by Gasteiger charge is -2.13. The summed E-state index contributed by atoms with van der Waals surface area (Å²) in [5.74, 6) is 0.135. The molecule has 2 nitrogen and oxygen atoms in total. The van der Waals surface area contributed by atoms with E-state index < -0.39 is 11.6 Å². The minimum absolute atomic E-state index is 0.351. The zero-order valence-corrected chi connectivity index (χ0v) is 13.3. The van der Waals surface area contributed by atoms with E-state index in [0.717, 1.165) is 6.07 Å². The van der Waals surface area contributed by atoms with Crippen molar-refractivity contribution >= 4 is 0 Å². The van der Waals surface area contributed by atoms with Crippen molar-refractivity contribution in [1.29, 1.82) is 0 Å². The highest BCUT2D eigenvalue weighted by Crippen LogP contribution is 2.36. The van der Waals surface area contributed by atoms with Gasteiger partial charge in [0.05, 0.1) is 14.2 Å². The van der Waals surface area contributed by atoms with Crippen molar-refractivity contribution in [2.45, 2.75) is 0 Å². The molecule has 0 aromatic heterocycles. The minimum atomic E-state index is -0.615. The first kappa shape index (κ1) is 16.0. The average Bonchev–Trinajstić information content (AvgIpc) is 2.61. The maximum absolute atomic E-state index is 14.5. The lowest BCUT2D eigenvalue weighted by molar-refractivity contribution is 0.414. The summed E-state index contributed by atoms with van der Waals surface area (Å²) < 4.78 is 38.6. The van der Waals surface area contributed by atoms with Crippen molar-refractivity contribution in [3.63, 3.8) is 0 Å². The molecule has 0 unspecified atom stereocenters. The van der Waals surface area contributed by atoms with Gasteiger partial charge in [0.25, 0.3) is 0 Å². The van der Waals surface area contributed by atoms with Gasteiger partial charge in [-0.3, -0.25) is 0 Å². The second-order valence-electron chi connectivity index (χ2n) is 5.27. The Labute approximate surface area is 139 Å². The van der Waals surface area contributed by atoms with E-state index in [1.807, 2.05) is 0 Å². The molecule has 0 atom stereocenters. The molecule has 0 saturated carbocycles. The van der Waals surface area contributed by atoms with Crippen molar-refractivity contribution in [2.24, 2.45) is 0 Å². The molecule has 0 N–H and O–H groups in total. The van der Waals surface area contributed by atoms with Crippen LogP contribution in [0.15, 0.2) is 60.7 Å². The number of halogens is 2. The topological polar surface area (TPSA) is 18.5 Å². The van der Waals surface area contributed by atoms with Gasteiger partial charge in [-0.05, 0) is 47.0 Å². The van der Waals surface area contributed by atoms with Crippen LogP contribution >= 0.6 is 0 Å². The zero-order valence-electron chi connectivity index (χ0n) is 13.3. The molecular formula is C20H16F2O2. The fraction of sp³-hybridized carbons (Fsp3) is 0.100. The van der Waals surface area contributed by atoms with Crippen LogP contribution in [0.2, 0.25) is 0 Å². The van der Waals surface area contributed by atoms with Crippen LogP contribution in [-0.4, -0.2) is 14.2 Å². The predicted molar refractivity (Wildman–Crippen MR) is 90.3 cm³/mol. The molecule has 4 heteroatoms. The van der Waals surface area contributed by atoms with Crippen LogP contribution < -0.4 is 9.47 Å². The average molecular weight is 326 g/mol. The van der Waals surface area contributed by atoms with Gasteiger partial charge in [-0.25, -0.2) is 8.78 Å². The third kappa shape index (κ3) is 3.08. The minimum Gasteiger partial charge on any atom is -0.497 e. The molecule has 0 amide bonds. The first-order valence-electron chi connectivity index (χ1n) is 7.40. The second-order valence-corrected chi connectivity index (χ2v) is 5.27. The molecule has 3 aromatic rings. The van der Waals surface area contributed by atoms with Crippen LogP contribution in [0.1, 0.15) is 0 Å². The van der Waals surface area contributed by atoms with Crippen LogP contribution in [0.25, 0.3) is 22.3 Å². The monoisotopic (exact) mass is 326 g/mol. The molecule has 0 aliphatic rings. The van der Waals surface area contributed by atoms with Gasteiger partial charge in [0.2, 0.25) is 0 Å². The molecule has 0 spiro atoms. The Morgan fingerprint density at radius 1 is 0.667 bits per heavy atom. The van der Waals surface area contributed by atoms with Crippen LogP contribution in [0, 0.1) is 11.6 Å². The first-order chi connectivity index (χ1) is 11.6. The molecule has 0 radical (unpaired) electrons. The number of rotatable bonds is 4. The van der Waals surface area contributed by atoms with Gasteiger partial charge in [-0.2, -0.15) is 0 Å². The van der Waals surface area contributed by atoms with E-state index in [-0.39, 0.29) is 0 Å². The van der Waals surface area contributed by atoms with E-state index >= 15 is 0 Å². The number of benzene rings is 3. The van der Waals surface area contributed by atoms with Crippen molar-refractivity contribution in [1.82, 2.24) is 0 Å². The van der Waals surface area contributed by atoms with Crippen molar-refractivity contribution < 1.29 is 18.3 Å². The first-order valence-corrected chi connectivity index (χ1v) is 7.40. The fourth-order valence-corrected chi connectivity index (χ4v) is 2.62. The second kappa shape index (κ2) is 6.71. The number of hydrogen-bond acceptors (Lipinski definition) is 2. The smallest absolute Gasteiger partial charge is 0.134 e. The van der Waals surface area contributed by atoms with E-state index in [0.29, 0.717) is 33.8 Å². The molecule has 0 saturated heterocycles. The van der Waals surface area contributed by atoms with Gasteiger partial charge < -0.3 is 9.47 Å². The summed E-state index contributed by atoms with van der Waals surface area (Å²) in [7, 11) is 3.13. The van der Waals surface area contributed by atoms with E-state index in [2.05, 4.69) is 0 Å². The lowest BCUT2D eigenvalue weighted by atomic mass is 9.94. The van der Waals surface area contributed by atoms with Crippen LogP contribution in [0.5, 0.6) is 11.5 Å². The Kier molecular flexibility index (Phi) is 4.47. The van der Waals surface area contributed by atoms with Crippen LogP contribution in [0.3, 0.4) is 0 Å². The van der Waals surface area contributed by atoms with Gasteiger partial charge in [0.1, 0.15) is 23.1 Å². The van der Waals surface area contributed by atoms with Gasteiger partial charge >= 0.3 is 0 Å². The third-order valence-corrected chi connectivity index (χ3v) is 3.83. The molecule has 24 heavy (non-hydrogen) atoms. The molecule has 0 bridgehead atoms. The molecule has 3 rings (SSSR count).